The van der Waals surface area contributed by atoms with E-state index in [0.29, 0.717) is 17.1 Å². The van der Waals surface area contributed by atoms with Gasteiger partial charge in [0, 0.05) is 18.7 Å². The molecule has 2 atom stereocenters. The van der Waals surface area contributed by atoms with E-state index >= 15 is 0 Å². The van der Waals surface area contributed by atoms with Crippen LogP contribution in [0.2, 0.25) is 5.15 Å². The molecule has 0 amide bonds. The van der Waals surface area contributed by atoms with Gasteiger partial charge in [-0.15, -0.1) is 0 Å². The van der Waals surface area contributed by atoms with Crippen molar-refractivity contribution in [2.24, 2.45) is 5.92 Å². The van der Waals surface area contributed by atoms with Crippen LogP contribution in [-0.2, 0) is 0 Å². The highest BCUT2D eigenvalue weighted by atomic mass is 35.5. The highest BCUT2D eigenvalue weighted by Gasteiger charge is 2.26. The zero-order valence-corrected chi connectivity index (χ0v) is 13.1. The minimum absolute atomic E-state index is 0.340. The first-order chi connectivity index (χ1) is 9.00. The molecule has 0 saturated heterocycles. The maximum absolute atomic E-state index is 6.26. The fourth-order valence-electron chi connectivity index (χ4n) is 3.07. The summed E-state index contributed by atoms with van der Waals surface area (Å²) in [5.74, 6) is 2.15. The van der Waals surface area contributed by atoms with Crippen LogP contribution in [0.1, 0.15) is 57.9 Å². The lowest BCUT2D eigenvalue weighted by molar-refractivity contribution is 0.335. The molecule has 106 valence electrons. The Bertz CT molecular complexity index is 433. The van der Waals surface area contributed by atoms with Crippen LogP contribution in [-0.4, -0.2) is 23.1 Å². The van der Waals surface area contributed by atoms with Crippen LogP contribution in [0.3, 0.4) is 0 Å². The Morgan fingerprint density at radius 1 is 1.32 bits per heavy atom. The number of aromatic nitrogens is 2. The Morgan fingerprint density at radius 3 is 2.68 bits per heavy atom. The number of hydrogen-bond donors (Lipinski definition) is 0. The quantitative estimate of drug-likeness (QED) is 0.775. The van der Waals surface area contributed by atoms with Gasteiger partial charge < -0.3 is 4.90 Å². The zero-order valence-electron chi connectivity index (χ0n) is 12.4. The van der Waals surface area contributed by atoms with Crippen molar-refractivity contribution < 1.29 is 0 Å². The number of rotatable bonds is 3. The van der Waals surface area contributed by atoms with Gasteiger partial charge in [0.2, 0.25) is 0 Å². The van der Waals surface area contributed by atoms with Gasteiger partial charge in [0.25, 0.3) is 0 Å². The smallest absolute Gasteiger partial charge is 0.138 e. The van der Waals surface area contributed by atoms with Crippen LogP contribution in [0.25, 0.3) is 0 Å². The number of anilines is 1. The van der Waals surface area contributed by atoms with Crippen LogP contribution in [0.4, 0.5) is 5.82 Å². The van der Waals surface area contributed by atoms with Gasteiger partial charge in [-0.3, -0.25) is 0 Å². The summed E-state index contributed by atoms with van der Waals surface area (Å²) in [6, 6.07) is 0.576. The number of nitrogens with zero attached hydrogens (tertiary/aromatic N) is 3. The van der Waals surface area contributed by atoms with Gasteiger partial charge in [0.1, 0.15) is 17.3 Å². The van der Waals surface area contributed by atoms with E-state index in [-0.39, 0.29) is 0 Å². The molecule has 19 heavy (non-hydrogen) atoms. The Morgan fingerprint density at radius 2 is 2.05 bits per heavy atom. The molecule has 1 aliphatic rings. The van der Waals surface area contributed by atoms with Crippen molar-refractivity contribution in [1.29, 1.82) is 0 Å². The SMILES string of the molecule is CC1CCCC(N(C)c2ncnc(Cl)c2C(C)C)C1. The summed E-state index contributed by atoms with van der Waals surface area (Å²) in [4.78, 5) is 10.9. The summed E-state index contributed by atoms with van der Waals surface area (Å²) < 4.78 is 0. The van der Waals surface area contributed by atoms with E-state index in [0.717, 1.165) is 17.3 Å². The van der Waals surface area contributed by atoms with Crippen LogP contribution >= 0.6 is 11.6 Å². The molecule has 4 heteroatoms. The van der Waals surface area contributed by atoms with Crippen LogP contribution in [0, 0.1) is 5.92 Å². The van der Waals surface area contributed by atoms with Crippen molar-refractivity contribution in [2.75, 3.05) is 11.9 Å². The summed E-state index contributed by atoms with van der Waals surface area (Å²) >= 11 is 6.26. The Kier molecular flexibility index (Phi) is 4.67. The highest BCUT2D eigenvalue weighted by molar-refractivity contribution is 6.30. The molecule has 2 rings (SSSR count). The fourth-order valence-corrected chi connectivity index (χ4v) is 3.42. The zero-order chi connectivity index (χ0) is 14.0. The van der Waals surface area contributed by atoms with Crippen molar-refractivity contribution in [3.05, 3.63) is 17.0 Å². The van der Waals surface area contributed by atoms with Gasteiger partial charge in [-0.05, 0) is 24.7 Å². The molecule has 0 radical (unpaired) electrons. The van der Waals surface area contributed by atoms with Crippen molar-refractivity contribution in [2.45, 2.75) is 58.4 Å². The van der Waals surface area contributed by atoms with Crippen molar-refractivity contribution in [3.63, 3.8) is 0 Å². The first-order valence-corrected chi connectivity index (χ1v) is 7.61. The molecule has 1 fully saturated rings. The predicted octanol–water partition coefficient (Wildman–Crippen LogP) is 4.27. The predicted molar refractivity (Wildman–Crippen MR) is 81.0 cm³/mol. The average molecular weight is 282 g/mol. The summed E-state index contributed by atoms with van der Waals surface area (Å²) in [6.07, 6.45) is 6.74. The largest absolute Gasteiger partial charge is 0.356 e. The lowest BCUT2D eigenvalue weighted by atomic mass is 9.86. The third-order valence-corrected chi connectivity index (χ3v) is 4.48. The summed E-state index contributed by atoms with van der Waals surface area (Å²) in [5, 5.41) is 0.593. The maximum Gasteiger partial charge on any atom is 0.138 e. The van der Waals surface area contributed by atoms with Gasteiger partial charge in [-0.1, -0.05) is 45.2 Å². The summed E-state index contributed by atoms with van der Waals surface area (Å²) in [5.41, 5.74) is 1.07. The van der Waals surface area contributed by atoms with Crippen LogP contribution < -0.4 is 4.90 Å². The van der Waals surface area contributed by atoms with E-state index in [1.807, 2.05) is 0 Å². The molecule has 2 unspecified atom stereocenters. The number of hydrogen-bond acceptors (Lipinski definition) is 3. The first-order valence-electron chi connectivity index (χ1n) is 7.24. The van der Waals surface area contributed by atoms with E-state index in [2.05, 4.69) is 42.7 Å². The standard InChI is InChI=1S/C15H24ClN3/c1-10(2)13-14(16)17-9-18-15(13)19(4)12-7-5-6-11(3)8-12/h9-12H,5-8H2,1-4H3. The normalized spacial score (nSPS) is 23.7. The van der Waals surface area contributed by atoms with Gasteiger partial charge in [0.15, 0.2) is 0 Å². The highest BCUT2D eigenvalue weighted by Crippen LogP contribution is 2.34. The average Bonchev–Trinajstić information content (AvgIpc) is 2.37. The fraction of sp³-hybridized carbons (Fsp3) is 0.733. The van der Waals surface area contributed by atoms with Crippen molar-refractivity contribution in [3.8, 4) is 0 Å². The molecule has 0 bridgehead atoms. The second-order valence-corrected chi connectivity index (χ2v) is 6.45. The van der Waals surface area contributed by atoms with E-state index in [9.17, 15) is 0 Å². The molecule has 0 aromatic carbocycles. The Labute approximate surface area is 121 Å². The molecule has 1 aromatic rings. The van der Waals surface area contributed by atoms with E-state index in [1.165, 1.54) is 25.7 Å². The monoisotopic (exact) mass is 281 g/mol. The lowest BCUT2D eigenvalue weighted by Gasteiger charge is -2.36. The number of halogens is 1. The van der Waals surface area contributed by atoms with Gasteiger partial charge in [-0.25, -0.2) is 9.97 Å². The molecule has 1 aliphatic carbocycles. The molecule has 0 N–H and O–H groups in total. The van der Waals surface area contributed by atoms with E-state index in [4.69, 9.17) is 11.6 Å². The molecular weight excluding hydrogens is 258 g/mol. The molecule has 1 heterocycles. The summed E-state index contributed by atoms with van der Waals surface area (Å²) in [6.45, 7) is 6.63. The second-order valence-electron chi connectivity index (χ2n) is 6.09. The van der Waals surface area contributed by atoms with Crippen LogP contribution in [0.5, 0.6) is 0 Å². The molecule has 0 spiro atoms. The van der Waals surface area contributed by atoms with E-state index < -0.39 is 0 Å². The van der Waals surface area contributed by atoms with Crippen molar-refractivity contribution >= 4 is 17.4 Å². The Balaban J connectivity index is 2.28. The molecule has 3 nitrogen and oxygen atoms in total. The second kappa shape index (κ2) is 6.08. The van der Waals surface area contributed by atoms with E-state index in [1.54, 1.807) is 6.33 Å². The van der Waals surface area contributed by atoms with Gasteiger partial charge in [-0.2, -0.15) is 0 Å². The first kappa shape index (κ1) is 14.6. The topological polar surface area (TPSA) is 29.0 Å². The third kappa shape index (κ3) is 3.19. The minimum Gasteiger partial charge on any atom is -0.356 e. The lowest BCUT2D eigenvalue weighted by Crippen LogP contribution is -2.36. The van der Waals surface area contributed by atoms with Gasteiger partial charge in [0.05, 0.1) is 0 Å². The van der Waals surface area contributed by atoms with Gasteiger partial charge >= 0.3 is 0 Å². The maximum atomic E-state index is 6.26. The third-order valence-electron chi connectivity index (χ3n) is 4.18. The minimum atomic E-state index is 0.340. The summed E-state index contributed by atoms with van der Waals surface area (Å²) in [7, 11) is 2.15. The molecule has 0 aliphatic heterocycles. The Hall–Kier alpha value is -0.830. The van der Waals surface area contributed by atoms with Crippen molar-refractivity contribution in [1.82, 2.24) is 9.97 Å². The molecule has 1 aromatic heterocycles. The van der Waals surface area contributed by atoms with Crippen LogP contribution in [0.15, 0.2) is 6.33 Å². The molecular formula is C15H24ClN3. The molecule has 1 saturated carbocycles.